The first-order valence-electron chi connectivity index (χ1n) is 6.87. The van der Waals surface area contributed by atoms with E-state index in [1.807, 2.05) is 11.9 Å². The molecule has 2 heterocycles. The lowest BCUT2D eigenvalue weighted by Gasteiger charge is -2.36. The van der Waals surface area contributed by atoms with Gasteiger partial charge in [-0.25, -0.2) is 0 Å². The molecule has 2 bridgehead atoms. The zero-order chi connectivity index (χ0) is 12.6. The summed E-state index contributed by atoms with van der Waals surface area (Å²) in [7, 11) is 1.99. The van der Waals surface area contributed by atoms with E-state index >= 15 is 0 Å². The van der Waals surface area contributed by atoms with Crippen molar-refractivity contribution >= 4 is 5.91 Å². The summed E-state index contributed by atoms with van der Waals surface area (Å²) in [6.07, 6.45) is 5.53. The van der Waals surface area contributed by atoms with Gasteiger partial charge in [-0.1, -0.05) is 20.8 Å². The second-order valence-electron chi connectivity index (χ2n) is 7.01. The van der Waals surface area contributed by atoms with Crippen LogP contribution >= 0.6 is 0 Å². The molecule has 3 nitrogen and oxygen atoms in total. The molecule has 0 aliphatic carbocycles. The fourth-order valence-corrected chi connectivity index (χ4v) is 3.13. The van der Waals surface area contributed by atoms with E-state index in [1.54, 1.807) is 0 Å². The number of rotatable bonds is 2. The fourth-order valence-electron chi connectivity index (χ4n) is 3.13. The van der Waals surface area contributed by atoms with Crippen LogP contribution in [0.25, 0.3) is 0 Å². The Balaban J connectivity index is 1.91. The van der Waals surface area contributed by atoms with E-state index in [0.29, 0.717) is 30.5 Å². The summed E-state index contributed by atoms with van der Waals surface area (Å²) in [5, 5.41) is 3.62. The van der Waals surface area contributed by atoms with Gasteiger partial charge in [-0.3, -0.25) is 4.79 Å². The molecule has 0 saturated carbocycles. The topological polar surface area (TPSA) is 32.3 Å². The predicted octanol–water partition coefficient (Wildman–Crippen LogP) is 2.16. The van der Waals surface area contributed by atoms with Crippen molar-refractivity contribution in [3.63, 3.8) is 0 Å². The Bertz CT molecular complexity index is 283. The second kappa shape index (κ2) is 4.60. The smallest absolute Gasteiger partial charge is 0.223 e. The van der Waals surface area contributed by atoms with Gasteiger partial charge in [0.15, 0.2) is 0 Å². The first-order valence-corrected chi connectivity index (χ1v) is 6.87. The molecule has 1 amide bonds. The molecule has 0 radical (unpaired) electrons. The zero-order valence-corrected chi connectivity index (χ0v) is 11.6. The summed E-state index contributed by atoms with van der Waals surface area (Å²) >= 11 is 0. The van der Waals surface area contributed by atoms with E-state index in [-0.39, 0.29) is 5.41 Å². The first-order chi connectivity index (χ1) is 7.85. The average Bonchev–Trinajstić information content (AvgIpc) is 2.54. The zero-order valence-electron chi connectivity index (χ0n) is 11.6. The van der Waals surface area contributed by atoms with Crippen LogP contribution in [0.5, 0.6) is 0 Å². The van der Waals surface area contributed by atoms with Crippen LogP contribution in [-0.2, 0) is 4.79 Å². The summed E-state index contributed by atoms with van der Waals surface area (Å²) in [5.41, 5.74) is 0.0945. The molecule has 2 atom stereocenters. The molecule has 0 aromatic rings. The number of nitrogens with zero attached hydrogens (tertiary/aromatic N) is 1. The summed E-state index contributed by atoms with van der Waals surface area (Å²) in [5.74, 6) is 0.309. The Morgan fingerprint density at radius 3 is 2.24 bits per heavy atom. The molecular formula is C14H26N2O. The average molecular weight is 238 g/mol. The molecule has 0 aromatic carbocycles. The number of hydrogen-bond donors (Lipinski definition) is 1. The van der Waals surface area contributed by atoms with Gasteiger partial charge < -0.3 is 10.2 Å². The summed E-state index contributed by atoms with van der Waals surface area (Å²) in [6, 6.07) is 1.77. The van der Waals surface area contributed by atoms with E-state index in [0.717, 1.165) is 12.8 Å². The highest BCUT2D eigenvalue weighted by atomic mass is 16.2. The number of nitrogens with one attached hydrogen (secondary N) is 1. The van der Waals surface area contributed by atoms with Crippen LogP contribution in [0.4, 0.5) is 0 Å². The van der Waals surface area contributed by atoms with Gasteiger partial charge in [0.05, 0.1) is 0 Å². The van der Waals surface area contributed by atoms with Crippen LogP contribution in [0.3, 0.4) is 0 Å². The van der Waals surface area contributed by atoms with Crippen molar-refractivity contribution in [1.82, 2.24) is 10.2 Å². The maximum absolute atomic E-state index is 12.2. The minimum absolute atomic E-state index is 0.0945. The van der Waals surface area contributed by atoms with Crippen molar-refractivity contribution in [1.29, 1.82) is 0 Å². The molecule has 3 heteroatoms. The Hall–Kier alpha value is -0.570. The Morgan fingerprint density at radius 2 is 1.76 bits per heavy atom. The minimum Gasteiger partial charge on any atom is -0.343 e. The van der Waals surface area contributed by atoms with E-state index in [4.69, 9.17) is 0 Å². The number of piperidine rings is 1. The van der Waals surface area contributed by atoms with Crippen molar-refractivity contribution in [3.8, 4) is 0 Å². The SMILES string of the molecule is CN(C(=O)CC(C)(C)C)C1CC2CCC(C1)N2. The van der Waals surface area contributed by atoms with Gasteiger partial charge in [0.2, 0.25) is 5.91 Å². The van der Waals surface area contributed by atoms with Crippen molar-refractivity contribution in [2.45, 2.75) is 71.0 Å². The van der Waals surface area contributed by atoms with Gasteiger partial charge >= 0.3 is 0 Å². The highest BCUT2D eigenvalue weighted by Gasteiger charge is 2.36. The van der Waals surface area contributed by atoms with Crippen molar-refractivity contribution in [3.05, 3.63) is 0 Å². The van der Waals surface area contributed by atoms with Crippen molar-refractivity contribution in [2.75, 3.05) is 7.05 Å². The number of fused-ring (bicyclic) bond motifs is 2. The lowest BCUT2D eigenvalue weighted by Crippen LogP contribution is -2.49. The Kier molecular flexibility index (Phi) is 3.48. The van der Waals surface area contributed by atoms with Gasteiger partial charge in [0, 0.05) is 31.6 Å². The second-order valence-corrected chi connectivity index (χ2v) is 7.01. The molecule has 2 saturated heterocycles. The molecule has 2 aliphatic heterocycles. The summed E-state index contributed by atoms with van der Waals surface area (Å²) in [6.45, 7) is 6.39. The van der Waals surface area contributed by atoms with Crippen LogP contribution in [0, 0.1) is 5.41 Å². The first kappa shape index (κ1) is 12.9. The molecule has 0 spiro atoms. The summed E-state index contributed by atoms with van der Waals surface area (Å²) < 4.78 is 0. The molecular weight excluding hydrogens is 212 g/mol. The van der Waals surface area contributed by atoms with Crippen LogP contribution in [0.15, 0.2) is 0 Å². The molecule has 17 heavy (non-hydrogen) atoms. The molecule has 2 rings (SSSR count). The van der Waals surface area contributed by atoms with E-state index in [2.05, 4.69) is 26.1 Å². The van der Waals surface area contributed by atoms with Gasteiger partial charge in [-0.15, -0.1) is 0 Å². The predicted molar refractivity (Wildman–Crippen MR) is 69.8 cm³/mol. The number of carbonyl (C=O) groups excluding carboxylic acids is 1. The third kappa shape index (κ3) is 3.21. The maximum Gasteiger partial charge on any atom is 0.223 e. The van der Waals surface area contributed by atoms with Gasteiger partial charge in [0.1, 0.15) is 0 Å². The molecule has 98 valence electrons. The molecule has 2 fully saturated rings. The van der Waals surface area contributed by atoms with Gasteiger partial charge in [0.25, 0.3) is 0 Å². The van der Waals surface area contributed by atoms with Gasteiger partial charge in [-0.05, 0) is 31.1 Å². The molecule has 2 aliphatic rings. The molecule has 1 N–H and O–H groups in total. The van der Waals surface area contributed by atoms with Crippen LogP contribution < -0.4 is 5.32 Å². The fraction of sp³-hybridized carbons (Fsp3) is 0.929. The number of hydrogen-bond acceptors (Lipinski definition) is 2. The Labute approximate surface area is 105 Å². The lowest BCUT2D eigenvalue weighted by molar-refractivity contribution is -0.134. The van der Waals surface area contributed by atoms with Crippen LogP contribution in [0.1, 0.15) is 52.9 Å². The number of amides is 1. The standard InChI is InChI=1S/C14H26N2O/c1-14(2,3)9-13(17)16(4)12-7-10-5-6-11(8-12)15-10/h10-12,15H,5-9H2,1-4H3. The number of carbonyl (C=O) groups is 1. The lowest BCUT2D eigenvalue weighted by atomic mass is 9.90. The maximum atomic E-state index is 12.2. The Morgan fingerprint density at radius 1 is 1.24 bits per heavy atom. The highest BCUT2D eigenvalue weighted by Crippen LogP contribution is 2.30. The molecule has 0 aromatic heterocycles. The van der Waals surface area contributed by atoms with Crippen LogP contribution in [0.2, 0.25) is 0 Å². The highest BCUT2D eigenvalue weighted by molar-refractivity contribution is 5.76. The quantitative estimate of drug-likeness (QED) is 0.799. The summed E-state index contributed by atoms with van der Waals surface area (Å²) in [4.78, 5) is 14.2. The van der Waals surface area contributed by atoms with Crippen molar-refractivity contribution < 1.29 is 4.79 Å². The third-order valence-electron chi connectivity index (χ3n) is 4.07. The normalized spacial score (nSPS) is 32.6. The van der Waals surface area contributed by atoms with E-state index < -0.39 is 0 Å². The van der Waals surface area contributed by atoms with Crippen molar-refractivity contribution in [2.24, 2.45) is 5.41 Å². The molecule has 2 unspecified atom stereocenters. The largest absolute Gasteiger partial charge is 0.343 e. The van der Waals surface area contributed by atoms with E-state index in [9.17, 15) is 4.79 Å². The third-order valence-corrected chi connectivity index (χ3v) is 4.07. The van der Waals surface area contributed by atoms with Crippen LogP contribution in [-0.4, -0.2) is 36.0 Å². The van der Waals surface area contributed by atoms with Gasteiger partial charge in [-0.2, -0.15) is 0 Å². The monoisotopic (exact) mass is 238 g/mol. The van der Waals surface area contributed by atoms with E-state index in [1.165, 1.54) is 12.8 Å². The minimum atomic E-state index is 0.0945.